The molecule has 2 unspecified atom stereocenters. The molecule has 0 bridgehead atoms. The van der Waals surface area contributed by atoms with Crippen LogP contribution in [0.25, 0.3) is 17.0 Å². The van der Waals surface area contributed by atoms with Crippen molar-refractivity contribution in [3.05, 3.63) is 80.9 Å². The number of aryl methyl sites for hydroxylation is 1. The molecule has 0 aliphatic carbocycles. The topological polar surface area (TPSA) is 112 Å². The lowest BCUT2D eigenvalue weighted by atomic mass is 9.93. The van der Waals surface area contributed by atoms with Gasteiger partial charge in [-0.3, -0.25) is 14.7 Å². The third kappa shape index (κ3) is 4.60. The van der Waals surface area contributed by atoms with Crippen LogP contribution in [0.3, 0.4) is 0 Å². The molecule has 2 N–H and O–H groups in total. The SMILES string of the molecule is C=CC(=O)N1CCN(C2=C(C#N)C3OC(C)c4nccc(C)c4N3c3nc(-c4c(N)c(Cl)c(F)c(F)c4F)c(Cl)cc32)C[C@H]1C. The van der Waals surface area contributed by atoms with E-state index < -0.39 is 46.1 Å². The van der Waals surface area contributed by atoms with Crippen LogP contribution in [0, 0.1) is 35.7 Å². The predicted molar refractivity (Wildman–Crippen MR) is 164 cm³/mol. The summed E-state index contributed by atoms with van der Waals surface area (Å²) in [5, 5.41) is 9.65. The lowest BCUT2D eigenvalue weighted by Gasteiger charge is -2.48. The van der Waals surface area contributed by atoms with E-state index in [1.807, 2.05) is 25.7 Å². The molecule has 1 aromatic carbocycles. The zero-order valence-electron chi connectivity index (χ0n) is 24.3. The molecule has 3 aromatic rings. The Hall–Kier alpha value is -4.31. The summed E-state index contributed by atoms with van der Waals surface area (Å²) < 4.78 is 50.7. The number of carbonyl (C=O) groups excluding carboxylic acids is 1. The van der Waals surface area contributed by atoms with Crippen molar-refractivity contribution >= 4 is 52.0 Å². The quantitative estimate of drug-likeness (QED) is 0.152. The first-order valence-corrected chi connectivity index (χ1v) is 14.7. The van der Waals surface area contributed by atoms with Gasteiger partial charge in [0.25, 0.3) is 0 Å². The molecule has 1 saturated heterocycles. The maximum absolute atomic E-state index is 15.3. The van der Waals surface area contributed by atoms with Gasteiger partial charge in [0, 0.05) is 37.4 Å². The Balaban J connectivity index is 1.63. The molecule has 0 radical (unpaired) electrons. The highest BCUT2D eigenvalue weighted by Gasteiger charge is 2.45. The zero-order chi connectivity index (χ0) is 32.5. The van der Waals surface area contributed by atoms with Crippen LogP contribution in [0.5, 0.6) is 0 Å². The van der Waals surface area contributed by atoms with E-state index in [9.17, 15) is 18.8 Å². The number of hydrogen-bond acceptors (Lipinski definition) is 8. The van der Waals surface area contributed by atoms with E-state index in [2.05, 4.69) is 17.6 Å². The average Bonchev–Trinajstić information content (AvgIpc) is 3.02. The Morgan fingerprint density at radius 3 is 2.62 bits per heavy atom. The Morgan fingerprint density at radius 2 is 1.96 bits per heavy atom. The first-order valence-electron chi connectivity index (χ1n) is 14.0. The summed E-state index contributed by atoms with van der Waals surface area (Å²) in [7, 11) is 0. The smallest absolute Gasteiger partial charge is 0.246 e. The maximum Gasteiger partial charge on any atom is 0.246 e. The number of pyridine rings is 2. The van der Waals surface area contributed by atoms with Gasteiger partial charge in [-0.15, -0.1) is 0 Å². The molecule has 0 spiro atoms. The second-order valence-corrected chi connectivity index (χ2v) is 11.8. The fraction of sp³-hybridized carbons (Fsp3) is 0.290. The monoisotopic (exact) mass is 655 g/mol. The van der Waals surface area contributed by atoms with Crippen molar-refractivity contribution in [3.8, 4) is 17.3 Å². The number of carbonyl (C=O) groups is 1. The summed E-state index contributed by atoms with van der Waals surface area (Å²) in [6, 6.07) is 5.34. The fourth-order valence-corrected chi connectivity index (χ4v) is 6.66. The van der Waals surface area contributed by atoms with Gasteiger partial charge in [0.1, 0.15) is 28.6 Å². The maximum atomic E-state index is 15.3. The number of rotatable bonds is 3. The molecule has 14 heteroatoms. The summed E-state index contributed by atoms with van der Waals surface area (Å²) in [4.78, 5) is 27.0. The van der Waals surface area contributed by atoms with Crippen LogP contribution in [0.4, 0.5) is 30.4 Å². The highest BCUT2D eigenvalue weighted by Crippen LogP contribution is 2.52. The van der Waals surface area contributed by atoms with Crippen molar-refractivity contribution in [1.29, 1.82) is 5.26 Å². The van der Waals surface area contributed by atoms with Gasteiger partial charge >= 0.3 is 0 Å². The van der Waals surface area contributed by atoms with Crippen LogP contribution in [0.1, 0.15) is 36.8 Å². The zero-order valence-corrected chi connectivity index (χ0v) is 25.8. The van der Waals surface area contributed by atoms with Crippen LogP contribution in [-0.4, -0.2) is 57.6 Å². The molecule has 1 fully saturated rings. The number of nitrogens with two attached hydrogens (primary N) is 1. The molecule has 3 atom stereocenters. The van der Waals surface area contributed by atoms with Gasteiger partial charge < -0.3 is 20.3 Å². The summed E-state index contributed by atoms with van der Waals surface area (Å²) in [6.45, 7) is 10.2. The molecule has 3 aliphatic heterocycles. The van der Waals surface area contributed by atoms with E-state index in [0.29, 0.717) is 42.3 Å². The van der Waals surface area contributed by atoms with E-state index >= 15 is 4.39 Å². The summed E-state index contributed by atoms with van der Waals surface area (Å²) >= 11 is 12.7. The highest BCUT2D eigenvalue weighted by molar-refractivity contribution is 6.35. The number of anilines is 3. The summed E-state index contributed by atoms with van der Waals surface area (Å²) in [6.07, 6.45) is 1.37. The molecular weight excluding hydrogens is 630 g/mol. The minimum Gasteiger partial charge on any atom is -0.397 e. The van der Waals surface area contributed by atoms with Gasteiger partial charge in [0.15, 0.2) is 23.7 Å². The number of nitrogen functional groups attached to an aromatic ring is 1. The van der Waals surface area contributed by atoms with Crippen molar-refractivity contribution in [2.45, 2.75) is 39.1 Å². The third-order valence-electron chi connectivity index (χ3n) is 8.35. The van der Waals surface area contributed by atoms with Crippen molar-refractivity contribution in [2.24, 2.45) is 0 Å². The first-order chi connectivity index (χ1) is 21.4. The number of aromatic nitrogens is 2. The molecule has 9 nitrogen and oxygen atoms in total. The largest absolute Gasteiger partial charge is 0.397 e. The number of fused-ring (bicyclic) bond motifs is 5. The number of hydrogen-bond donors (Lipinski definition) is 1. The standard InChI is InChI=1S/C31H26Cl2F3N7O2/c1-5-19(44)42-9-8-41(12-14(42)3)29-16-10-18(32)27(20-22(34)24(36)23(35)21(33)25(20)38)40-30(16)43-28-13(2)6-7-39-26(28)15(4)45-31(43)17(29)11-37/h5-7,10,14-15,31H,1,8-9,12,38H2,2-4H3/t14-,15?,31?/m1/s1. The minimum atomic E-state index is -1.83. The molecule has 6 rings (SSSR count). The van der Waals surface area contributed by atoms with Crippen molar-refractivity contribution < 1.29 is 22.7 Å². The Bertz CT molecular complexity index is 1850. The van der Waals surface area contributed by atoms with Crippen LogP contribution in [-0.2, 0) is 9.53 Å². The molecular formula is C31H26Cl2F3N7O2. The molecule has 3 aliphatic rings. The van der Waals surface area contributed by atoms with Crippen LogP contribution in [0.15, 0.2) is 36.6 Å². The number of halogens is 5. The number of nitrogens with zero attached hydrogens (tertiary/aromatic N) is 6. The van der Waals surface area contributed by atoms with Gasteiger partial charge in [-0.2, -0.15) is 5.26 Å². The molecule has 2 aromatic heterocycles. The second kappa shape index (κ2) is 11.2. The van der Waals surface area contributed by atoms with Gasteiger partial charge in [-0.05, 0) is 44.5 Å². The van der Waals surface area contributed by atoms with Crippen molar-refractivity contribution in [1.82, 2.24) is 19.8 Å². The van der Waals surface area contributed by atoms with E-state index in [1.54, 1.807) is 22.1 Å². The van der Waals surface area contributed by atoms with Crippen LogP contribution < -0.4 is 10.6 Å². The van der Waals surface area contributed by atoms with Crippen LogP contribution in [0.2, 0.25) is 10.0 Å². The van der Waals surface area contributed by atoms with Gasteiger partial charge in [0.2, 0.25) is 5.91 Å². The lowest BCUT2D eigenvalue weighted by Crippen LogP contribution is -2.54. The van der Waals surface area contributed by atoms with E-state index in [-0.39, 0.29) is 34.1 Å². The van der Waals surface area contributed by atoms with Gasteiger partial charge in [0.05, 0.1) is 39.0 Å². The van der Waals surface area contributed by atoms with Gasteiger partial charge in [-0.1, -0.05) is 29.8 Å². The molecule has 45 heavy (non-hydrogen) atoms. The number of nitriles is 1. The molecule has 1 amide bonds. The lowest BCUT2D eigenvalue weighted by molar-refractivity contribution is -0.129. The number of piperazine rings is 1. The minimum absolute atomic E-state index is 0.155. The fourth-order valence-electron chi connectivity index (χ4n) is 6.24. The summed E-state index contributed by atoms with van der Waals surface area (Å²) in [5.41, 5.74) is 7.61. The first kappa shape index (κ1) is 30.7. The molecule has 232 valence electrons. The van der Waals surface area contributed by atoms with Gasteiger partial charge in [-0.25, -0.2) is 18.2 Å². The normalized spacial score (nSPS) is 20.8. The predicted octanol–water partition coefficient (Wildman–Crippen LogP) is 6.28. The van der Waals surface area contributed by atoms with E-state index in [0.717, 1.165) is 5.56 Å². The number of amides is 1. The van der Waals surface area contributed by atoms with Crippen LogP contribution >= 0.6 is 23.2 Å². The van der Waals surface area contributed by atoms with Crippen molar-refractivity contribution in [3.63, 3.8) is 0 Å². The Morgan fingerprint density at radius 1 is 1.22 bits per heavy atom. The van der Waals surface area contributed by atoms with Crippen molar-refractivity contribution in [2.75, 3.05) is 30.3 Å². The number of benzene rings is 1. The Labute approximate surface area is 266 Å². The number of ether oxygens (including phenoxy) is 1. The average molecular weight is 656 g/mol. The third-order valence-corrected chi connectivity index (χ3v) is 9.01. The van der Waals surface area contributed by atoms with E-state index in [1.165, 1.54) is 12.1 Å². The van der Waals surface area contributed by atoms with E-state index in [4.69, 9.17) is 38.7 Å². The molecule has 5 heterocycles. The second-order valence-electron chi connectivity index (χ2n) is 11.0. The summed E-state index contributed by atoms with van der Waals surface area (Å²) in [5.74, 6) is -5.09. The highest BCUT2D eigenvalue weighted by atomic mass is 35.5. The molecule has 0 saturated carbocycles. The Kier molecular flexibility index (Phi) is 7.67.